The average Bonchev–Trinajstić information content (AvgIpc) is 2.64. The second-order valence-corrected chi connectivity index (χ2v) is 6.19. The number of hydrogen-bond acceptors (Lipinski definition) is 3. The molecule has 0 aliphatic carbocycles. The van der Waals surface area contributed by atoms with E-state index in [2.05, 4.69) is 5.32 Å². The summed E-state index contributed by atoms with van der Waals surface area (Å²) in [5, 5.41) is 3.31. The largest absolute Gasteiger partial charge is 0.493 e. The van der Waals surface area contributed by atoms with E-state index in [1.54, 1.807) is 0 Å². The summed E-state index contributed by atoms with van der Waals surface area (Å²) in [6.45, 7) is 0.595. The van der Waals surface area contributed by atoms with Crippen molar-refractivity contribution in [1.82, 2.24) is 5.32 Å². The maximum atomic E-state index is 12.7. The predicted octanol–water partition coefficient (Wildman–Crippen LogP) is 4.54. The fourth-order valence-corrected chi connectivity index (χ4v) is 3.24. The fraction of sp³-hybridized carbons (Fsp3) is 0.400. The second kappa shape index (κ2) is 7.58. The molecule has 1 atom stereocenters. The van der Waals surface area contributed by atoms with Gasteiger partial charge in [0.15, 0.2) is 11.5 Å². The lowest BCUT2D eigenvalue weighted by Gasteiger charge is -2.28. The topological polar surface area (TPSA) is 30.5 Å². The van der Waals surface area contributed by atoms with Crippen LogP contribution in [-0.4, -0.2) is 20.6 Å². The molecule has 0 amide bonds. The predicted molar refractivity (Wildman–Crippen MR) is 93.8 cm³/mol. The van der Waals surface area contributed by atoms with Crippen molar-refractivity contribution in [3.05, 3.63) is 58.7 Å². The lowest BCUT2D eigenvalue weighted by atomic mass is 9.90. The van der Waals surface area contributed by atoms with Crippen molar-refractivity contribution in [1.29, 1.82) is 0 Å². The van der Waals surface area contributed by atoms with Crippen LogP contribution in [0.3, 0.4) is 0 Å². The molecule has 0 unspecified atom stereocenters. The van der Waals surface area contributed by atoms with Gasteiger partial charge in [0.05, 0.1) is 27.9 Å². The van der Waals surface area contributed by atoms with Crippen LogP contribution < -0.4 is 14.8 Å². The molecule has 3 nitrogen and oxygen atoms in total. The lowest BCUT2D eigenvalue weighted by molar-refractivity contribution is -0.137. The molecular formula is C20H22F3NO2. The first kappa shape index (κ1) is 12.2. The van der Waals surface area contributed by atoms with Crippen molar-refractivity contribution < 1.29 is 30.9 Å². The highest BCUT2D eigenvalue weighted by Crippen LogP contribution is 2.36. The van der Waals surface area contributed by atoms with Gasteiger partial charge in [0, 0.05) is 6.04 Å². The number of fused-ring (bicyclic) bond motifs is 1. The van der Waals surface area contributed by atoms with Gasteiger partial charge in [-0.2, -0.15) is 13.2 Å². The van der Waals surface area contributed by atoms with E-state index < -0.39 is 25.8 Å². The summed E-state index contributed by atoms with van der Waals surface area (Å²) in [4.78, 5) is 0. The number of methoxy groups -OCH3 is 2. The Hall–Kier alpha value is -2.21. The molecule has 0 spiro atoms. The van der Waals surface area contributed by atoms with E-state index in [-0.39, 0.29) is 17.5 Å². The first-order chi connectivity index (χ1) is 14.7. The van der Waals surface area contributed by atoms with Crippen LogP contribution >= 0.6 is 0 Å². The highest BCUT2D eigenvalue weighted by atomic mass is 19.4. The van der Waals surface area contributed by atoms with Crippen LogP contribution in [0, 0.1) is 0 Å². The number of halogens is 3. The SMILES string of the molecule is [2H]C([2H])([2H])Oc1cc2c(cc1OC([2H])([2H])[2H])[C@H](CCc1ccc(C(F)(F)F)cc1)NCC2. The summed E-state index contributed by atoms with van der Waals surface area (Å²) >= 11 is 0. The third-order valence-corrected chi connectivity index (χ3v) is 4.59. The maximum absolute atomic E-state index is 12.7. The van der Waals surface area contributed by atoms with Gasteiger partial charge in [0.2, 0.25) is 0 Å². The number of rotatable bonds is 5. The molecule has 26 heavy (non-hydrogen) atoms. The van der Waals surface area contributed by atoms with E-state index in [1.165, 1.54) is 24.3 Å². The Morgan fingerprint density at radius 2 is 1.81 bits per heavy atom. The van der Waals surface area contributed by atoms with Crippen molar-refractivity contribution >= 4 is 0 Å². The minimum atomic E-state index is -4.39. The summed E-state index contributed by atoms with van der Waals surface area (Å²) in [7, 11) is -5.59. The zero-order chi connectivity index (χ0) is 23.7. The molecule has 0 fully saturated rings. The van der Waals surface area contributed by atoms with Gasteiger partial charge in [-0.25, -0.2) is 0 Å². The van der Waals surface area contributed by atoms with E-state index in [9.17, 15) is 13.2 Å². The van der Waals surface area contributed by atoms with Gasteiger partial charge in [-0.3, -0.25) is 0 Å². The van der Waals surface area contributed by atoms with E-state index in [4.69, 9.17) is 17.7 Å². The number of ether oxygens (including phenoxy) is 2. The van der Waals surface area contributed by atoms with E-state index in [0.717, 1.165) is 28.8 Å². The Kier molecular flexibility index (Phi) is 3.56. The number of alkyl halides is 3. The summed E-state index contributed by atoms with van der Waals surface area (Å²) in [5.41, 5.74) is 1.54. The van der Waals surface area contributed by atoms with E-state index in [1.807, 2.05) is 0 Å². The number of benzene rings is 2. The van der Waals surface area contributed by atoms with Crippen molar-refractivity contribution in [3.8, 4) is 11.5 Å². The molecule has 0 saturated carbocycles. The molecule has 1 aliphatic heterocycles. The summed E-state index contributed by atoms with van der Waals surface area (Å²) in [6, 6.07) is 7.67. The molecule has 0 radical (unpaired) electrons. The standard InChI is InChI=1S/C20H22F3NO2/c1-25-18-11-14-9-10-24-17(16(14)12-19(18)26-2)8-5-13-3-6-15(7-4-13)20(21,22)23/h3-4,6-7,11-12,17,24H,5,8-10H2,1-2H3/t17-/m0/s1/i1D3,2D3. The smallest absolute Gasteiger partial charge is 0.416 e. The molecule has 1 heterocycles. The average molecular weight is 371 g/mol. The van der Waals surface area contributed by atoms with Crippen molar-refractivity contribution in [2.24, 2.45) is 0 Å². The first-order valence-corrected chi connectivity index (χ1v) is 8.16. The minimum Gasteiger partial charge on any atom is -0.493 e. The third kappa shape index (κ3) is 3.96. The van der Waals surface area contributed by atoms with E-state index in [0.29, 0.717) is 25.8 Å². The van der Waals surface area contributed by atoms with Gasteiger partial charge in [-0.15, -0.1) is 0 Å². The van der Waals surface area contributed by atoms with Gasteiger partial charge in [-0.1, -0.05) is 12.1 Å². The number of nitrogens with one attached hydrogen (secondary N) is 1. The molecule has 2 aromatic rings. The molecule has 140 valence electrons. The van der Waals surface area contributed by atoms with Gasteiger partial charge >= 0.3 is 6.18 Å². The molecule has 0 aromatic heterocycles. The van der Waals surface area contributed by atoms with Crippen LogP contribution in [0.1, 0.15) is 42.9 Å². The van der Waals surface area contributed by atoms with Crippen LogP contribution in [0.2, 0.25) is 0 Å². The number of aryl methyl sites for hydroxylation is 1. The normalized spacial score (nSPS) is 21.3. The molecule has 1 N–H and O–H groups in total. The van der Waals surface area contributed by atoms with Gasteiger partial charge in [0.1, 0.15) is 0 Å². The van der Waals surface area contributed by atoms with Gasteiger partial charge in [-0.05, 0) is 66.8 Å². The second-order valence-electron chi connectivity index (χ2n) is 6.19. The Bertz CT molecular complexity index is 943. The van der Waals surface area contributed by atoms with Crippen LogP contribution in [0.5, 0.6) is 11.5 Å². The van der Waals surface area contributed by atoms with Crippen LogP contribution in [0.4, 0.5) is 13.2 Å². The lowest BCUT2D eigenvalue weighted by Crippen LogP contribution is -2.30. The van der Waals surface area contributed by atoms with Crippen LogP contribution in [-0.2, 0) is 19.0 Å². The fourth-order valence-electron chi connectivity index (χ4n) is 3.24. The summed E-state index contributed by atoms with van der Waals surface area (Å²) in [6.07, 6.45) is -2.81. The Morgan fingerprint density at radius 1 is 1.12 bits per heavy atom. The highest BCUT2D eigenvalue weighted by molar-refractivity contribution is 5.49. The van der Waals surface area contributed by atoms with Gasteiger partial charge < -0.3 is 14.8 Å². The molecule has 3 rings (SSSR count). The minimum absolute atomic E-state index is 0.178. The maximum Gasteiger partial charge on any atom is 0.416 e. The zero-order valence-electron chi connectivity index (χ0n) is 19.8. The van der Waals surface area contributed by atoms with Crippen LogP contribution in [0.25, 0.3) is 0 Å². The monoisotopic (exact) mass is 371 g/mol. The van der Waals surface area contributed by atoms with Gasteiger partial charge in [0.25, 0.3) is 0 Å². The van der Waals surface area contributed by atoms with Crippen LogP contribution in [0.15, 0.2) is 36.4 Å². The first-order valence-electron chi connectivity index (χ1n) is 11.2. The molecule has 0 saturated heterocycles. The molecule has 1 aliphatic rings. The summed E-state index contributed by atoms with van der Waals surface area (Å²) in [5.74, 6) is -0.383. The van der Waals surface area contributed by atoms with E-state index >= 15 is 0 Å². The van der Waals surface area contributed by atoms with Crippen molar-refractivity contribution in [3.63, 3.8) is 0 Å². The molecule has 6 heteroatoms. The molecule has 0 bridgehead atoms. The van der Waals surface area contributed by atoms with Crippen molar-refractivity contribution in [2.45, 2.75) is 31.5 Å². The zero-order valence-corrected chi connectivity index (χ0v) is 13.8. The quantitative estimate of drug-likeness (QED) is 0.837. The van der Waals surface area contributed by atoms with Crippen molar-refractivity contribution in [2.75, 3.05) is 20.6 Å². The summed E-state index contributed by atoms with van der Waals surface area (Å²) < 4.78 is 92.2. The Labute approximate surface area is 159 Å². The third-order valence-electron chi connectivity index (χ3n) is 4.59. The molecule has 2 aromatic carbocycles. The Morgan fingerprint density at radius 3 is 2.46 bits per heavy atom. The molecular weight excluding hydrogens is 343 g/mol. The number of hydrogen-bond donors (Lipinski definition) is 1. The Balaban J connectivity index is 1.83. The highest BCUT2D eigenvalue weighted by Gasteiger charge is 2.30.